The van der Waals surface area contributed by atoms with E-state index in [1.54, 1.807) is 12.3 Å². The quantitative estimate of drug-likeness (QED) is 0.423. The lowest BCUT2D eigenvalue weighted by Gasteiger charge is -2.21. The number of carbonyl (C=O) groups is 2. The lowest BCUT2D eigenvalue weighted by Crippen LogP contribution is -2.51. The van der Waals surface area contributed by atoms with Crippen LogP contribution in [0, 0.1) is 18.7 Å². The van der Waals surface area contributed by atoms with Gasteiger partial charge in [0.2, 0.25) is 11.8 Å². The van der Waals surface area contributed by atoms with Crippen LogP contribution in [0.2, 0.25) is 0 Å². The lowest BCUT2D eigenvalue weighted by molar-refractivity contribution is -0.132. The van der Waals surface area contributed by atoms with Crippen molar-refractivity contribution >= 4 is 22.8 Å². The third-order valence-corrected chi connectivity index (χ3v) is 5.91. The largest absolute Gasteiger partial charge is 0.435 e. The average Bonchev–Trinajstić information content (AvgIpc) is 3.21. The summed E-state index contributed by atoms with van der Waals surface area (Å²) < 4.78 is 20.4. The number of fused-ring (bicyclic) bond motifs is 1. The van der Waals surface area contributed by atoms with E-state index in [1.807, 2.05) is 6.92 Å². The molecule has 3 aromatic rings. The van der Waals surface area contributed by atoms with E-state index in [0.717, 1.165) is 37.7 Å². The number of hydrogen-bond acceptors (Lipinski definition) is 6. The first-order chi connectivity index (χ1) is 15.9. The number of carbonyl (C=O) groups excluding carboxylic acids is 2. The van der Waals surface area contributed by atoms with Crippen LogP contribution in [0.3, 0.4) is 0 Å². The Labute approximate surface area is 190 Å². The van der Waals surface area contributed by atoms with Gasteiger partial charge in [-0.05, 0) is 49.4 Å². The molecule has 4 rings (SSSR count). The van der Waals surface area contributed by atoms with Gasteiger partial charge in [0.05, 0.1) is 11.4 Å². The topological polar surface area (TPSA) is 135 Å². The monoisotopic (exact) mass is 454 g/mol. The van der Waals surface area contributed by atoms with Crippen LogP contribution in [0.15, 0.2) is 30.7 Å². The zero-order chi connectivity index (χ0) is 23.4. The first-order valence-corrected chi connectivity index (χ1v) is 11.0. The average molecular weight is 455 g/mol. The van der Waals surface area contributed by atoms with Crippen LogP contribution in [-0.4, -0.2) is 32.8 Å². The number of hydrogen-bond donors (Lipinski definition) is 4. The van der Waals surface area contributed by atoms with Crippen LogP contribution in [-0.2, 0) is 16.0 Å². The molecule has 0 radical (unpaired) electrons. The molecule has 9 nitrogen and oxygen atoms in total. The van der Waals surface area contributed by atoms with Crippen molar-refractivity contribution in [2.75, 3.05) is 0 Å². The maximum Gasteiger partial charge on any atom is 0.255 e. The number of hydrazine groups is 1. The van der Waals surface area contributed by atoms with E-state index in [2.05, 4.69) is 25.8 Å². The molecular formula is C23H27FN6O3. The summed E-state index contributed by atoms with van der Waals surface area (Å²) in [5, 5.41) is 0.676. The molecule has 5 N–H and O–H groups in total. The Morgan fingerprint density at radius 1 is 1.24 bits per heavy atom. The van der Waals surface area contributed by atoms with E-state index in [0.29, 0.717) is 16.6 Å². The summed E-state index contributed by atoms with van der Waals surface area (Å²) in [7, 11) is 0. The lowest BCUT2D eigenvalue weighted by atomic mass is 9.89. The molecule has 1 fully saturated rings. The predicted molar refractivity (Wildman–Crippen MR) is 120 cm³/mol. The number of aromatic nitrogens is 3. The van der Waals surface area contributed by atoms with Crippen molar-refractivity contribution in [1.29, 1.82) is 0 Å². The summed E-state index contributed by atoms with van der Waals surface area (Å²) in [5.74, 6) is -1.17. The Balaban J connectivity index is 1.35. The molecule has 1 aliphatic carbocycles. The van der Waals surface area contributed by atoms with Crippen molar-refractivity contribution in [3.63, 3.8) is 0 Å². The maximum atomic E-state index is 14.7. The van der Waals surface area contributed by atoms with Crippen LogP contribution in [0.4, 0.5) is 4.39 Å². The van der Waals surface area contributed by atoms with Crippen molar-refractivity contribution in [2.45, 2.75) is 51.5 Å². The number of amides is 2. The van der Waals surface area contributed by atoms with Gasteiger partial charge in [0, 0.05) is 12.1 Å². The number of nitrogens with zero attached hydrogens (tertiary/aromatic N) is 2. The normalized spacial score (nSPS) is 15.2. The van der Waals surface area contributed by atoms with Crippen LogP contribution < -0.4 is 21.3 Å². The molecule has 2 amide bonds. The van der Waals surface area contributed by atoms with E-state index in [1.165, 1.54) is 18.5 Å². The summed E-state index contributed by atoms with van der Waals surface area (Å²) in [6.45, 7) is 1.87. The van der Waals surface area contributed by atoms with Gasteiger partial charge in [0.1, 0.15) is 12.0 Å². The van der Waals surface area contributed by atoms with Gasteiger partial charge in [0.25, 0.3) is 5.91 Å². The van der Waals surface area contributed by atoms with Crippen molar-refractivity contribution in [1.82, 2.24) is 25.8 Å². The van der Waals surface area contributed by atoms with Crippen LogP contribution in [0.5, 0.6) is 11.6 Å². The van der Waals surface area contributed by atoms with Gasteiger partial charge in [0.15, 0.2) is 11.6 Å². The summed E-state index contributed by atoms with van der Waals surface area (Å²) >= 11 is 0. The molecule has 1 atom stereocenters. The van der Waals surface area contributed by atoms with E-state index >= 15 is 0 Å². The van der Waals surface area contributed by atoms with Gasteiger partial charge in [-0.2, -0.15) is 0 Å². The number of nitrogens with one attached hydrogen (secondary N) is 3. The minimum atomic E-state index is -0.952. The van der Waals surface area contributed by atoms with E-state index in [-0.39, 0.29) is 29.9 Å². The van der Waals surface area contributed by atoms with Gasteiger partial charge in [-0.25, -0.2) is 14.4 Å². The molecule has 2 heterocycles. The fraction of sp³-hybridized carbons (Fsp3) is 0.391. The second-order valence-electron chi connectivity index (χ2n) is 8.37. The molecule has 1 aromatic carbocycles. The van der Waals surface area contributed by atoms with Gasteiger partial charge in [-0.15, -0.1) is 0 Å². The fourth-order valence-corrected chi connectivity index (χ4v) is 4.05. The molecule has 33 heavy (non-hydrogen) atoms. The van der Waals surface area contributed by atoms with Crippen molar-refractivity contribution in [3.05, 3.63) is 47.7 Å². The molecular weight excluding hydrogens is 427 g/mol. The number of ether oxygens (including phenoxy) is 1. The Morgan fingerprint density at radius 3 is 2.79 bits per heavy atom. The molecule has 2 aromatic heterocycles. The fourth-order valence-electron chi connectivity index (χ4n) is 4.05. The van der Waals surface area contributed by atoms with Crippen molar-refractivity contribution < 1.29 is 18.7 Å². The highest BCUT2D eigenvalue weighted by molar-refractivity contribution is 5.86. The molecule has 174 valence electrons. The van der Waals surface area contributed by atoms with Crippen molar-refractivity contribution in [3.8, 4) is 11.6 Å². The number of aryl methyl sites for hydroxylation is 1. The Morgan fingerprint density at radius 2 is 2.03 bits per heavy atom. The first-order valence-electron chi connectivity index (χ1n) is 11.0. The number of H-pyrrole nitrogens is 1. The van der Waals surface area contributed by atoms with E-state index in [9.17, 15) is 14.0 Å². The summed E-state index contributed by atoms with van der Waals surface area (Å²) in [6.07, 6.45) is 8.03. The number of halogens is 1. The predicted octanol–water partition coefficient (Wildman–Crippen LogP) is 2.80. The standard InChI is InChI=1S/C23H27FN6O3/c1-13-11-26-20-19(13)23(28-12-27-20)33-18-8-7-14(9-16(18)24)10-17(25)22(32)30-29-21(31)15-5-3-2-4-6-15/h7-9,11-12,15,17H,2-6,10,25H2,1H3,(H,29,31)(H,30,32)(H,26,27,28). The molecule has 0 bridgehead atoms. The third kappa shape index (κ3) is 5.28. The zero-order valence-corrected chi connectivity index (χ0v) is 18.4. The summed E-state index contributed by atoms with van der Waals surface area (Å²) in [4.78, 5) is 35.7. The minimum absolute atomic E-state index is 0.00267. The third-order valence-electron chi connectivity index (χ3n) is 5.91. The number of rotatable bonds is 6. The van der Waals surface area contributed by atoms with Crippen LogP contribution >= 0.6 is 0 Å². The molecule has 10 heteroatoms. The van der Waals surface area contributed by atoms with Gasteiger partial charge in [-0.3, -0.25) is 20.4 Å². The highest BCUT2D eigenvalue weighted by Gasteiger charge is 2.22. The Hall–Kier alpha value is -3.53. The van der Waals surface area contributed by atoms with E-state index in [4.69, 9.17) is 10.5 Å². The molecule has 1 unspecified atom stereocenters. The molecule has 0 aliphatic heterocycles. The summed E-state index contributed by atoms with van der Waals surface area (Å²) in [6, 6.07) is 3.42. The van der Waals surface area contributed by atoms with Crippen LogP contribution in [0.1, 0.15) is 43.2 Å². The van der Waals surface area contributed by atoms with Crippen LogP contribution in [0.25, 0.3) is 11.0 Å². The minimum Gasteiger partial charge on any atom is -0.435 e. The molecule has 0 spiro atoms. The number of benzene rings is 1. The highest BCUT2D eigenvalue weighted by Crippen LogP contribution is 2.30. The smallest absolute Gasteiger partial charge is 0.255 e. The second kappa shape index (κ2) is 9.95. The SMILES string of the molecule is Cc1c[nH]c2ncnc(Oc3ccc(CC(N)C(=O)NNC(=O)C4CCCCC4)cc3F)c12. The van der Waals surface area contributed by atoms with Gasteiger partial charge in [-0.1, -0.05) is 25.3 Å². The van der Waals surface area contributed by atoms with E-state index < -0.39 is 17.8 Å². The molecule has 1 aliphatic rings. The zero-order valence-electron chi connectivity index (χ0n) is 18.4. The first kappa shape index (κ1) is 22.7. The molecule has 0 saturated heterocycles. The summed E-state index contributed by atoms with van der Waals surface area (Å²) in [5.41, 5.74) is 12.8. The van der Waals surface area contributed by atoms with Gasteiger partial charge >= 0.3 is 0 Å². The number of nitrogens with two attached hydrogens (primary N) is 1. The van der Waals surface area contributed by atoms with Gasteiger partial charge < -0.3 is 15.5 Å². The Bertz CT molecular complexity index is 1160. The highest BCUT2D eigenvalue weighted by atomic mass is 19.1. The molecule has 1 saturated carbocycles. The maximum absolute atomic E-state index is 14.7. The Kier molecular flexibility index (Phi) is 6.83. The second-order valence-corrected chi connectivity index (χ2v) is 8.37. The number of aromatic amines is 1. The van der Waals surface area contributed by atoms with Crippen molar-refractivity contribution in [2.24, 2.45) is 11.7 Å².